The summed E-state index contributed by atoms with van der Waals surface area (Å²) in [6, 6.07) is 15.9. The molecule has 0 spiro atoms. The van der Waals surface area contributed by atoms with Gasteiger partial charge in [-0.2, -0.15) is 5.10 Å². The summed E-state index contributed by atoms with van der Waals surface area (Å²) in [4.78, 5) is 23.4. The van der Waals surface area contributed by atoms with Gasteiger partial charge in [0, 0.05) is 37.0 Å². The van der Waals surface area contributed by atoms with E-state index >= 15 is 0 Å². The second-order valence-electron chi connectivity index (χ2n) is 9.82. The number of aliphatic hydroxyl groups is 1. The van der Waals surface area contributed by atoms with Gasteiger partial charge in [0.2, 0.25) is 5.91 Å². The minimum absolute atomic E-state index is 0.0972. The summed E-state index contributed by atoms with van der Waals surface area (Å²) in [5.41, 5.74) is 11.9. The van der Waals surface area contributed by atoms with Gasteiger partial charge in [-0.25, -0.2) is 9.67 Å². The van der Waals surface area contributed by atoms with Gasteiger partial charge in [-0.15, -0.1) is 0 Å². The molecule has 1 atom stereocenters. The van der Waals surface area contributed by atoms with Crippen molar-refractivity contribution in [3.8, 4) is 17.1 Å². The van der Waals surface area contributed by atoms with Crippen LogP contribution in [0, 0.1) is 0 Å². The zero-order chi connectivity index (χ0) is 25.9. The molecule has 4 heterocycles. The van der Waals surface area contributed by atoms with Crippen molar-refractivity contribution in [2.75, 3.05) is 13.1 Å². The Morgan fingerprint density at radius 3 is 2.65 bits per heavy atom. The molecule has 1 aliphatic rings. The van der Waals surface area contributed by atoms with Gasteiger partial charge in [-0.1, -0.05) is 25.5 Å². The lowest BCUT2D eigenvalue weighted by atomic mass is 9.86. The number of piperidine rings is 1. The maximum Gasteiger partial charge on any atom is 0.219 e. The number of hydrogen-bond donors (Lipinski definition) is 2. The molecule has 5 rings (SSSR count). The van der Waals surface area contributed by atoms with Crippen LogP contribution >= 0.6 is 0 Å². The lowest BCUT2D eigenvalue weighted by molar-refractivity contribution is -0.129. The number of carbonyl (C=O) groups excluding carboxylic acids is 1. The summed E-state index contributed by atoms with van der Waals surface area (Å²) in [6.45, 7) is 5.13. The SMILES string of the molecule is CCC[C@H](N)c1cccc(-c2cc(C3CCN(C(C)=O)CC3)c3cnn(-c4cccc(CO)n4)c3c2)n1. The zero-order valence-corrected chi connectivity index (χ0v) is 21.5. The topological polar surface area (TPSA) is 110 Å². The summed E-state index contributed by atoms with van der Waals surface area (Å²) in [6.07, 6.45) is 5.59. The van der Waals surface area contributed by atoms with Crippen molar-refractivity contribution in [3.63, 3.8) is 0 Å². The first kappa shape index (κ1) is 25.0. The van der Waals surface area contributed by atoms with Crippen molar-refractivity contribution in [3.05, 3.63) is 71.7 Å². The largest absolute Gasteiger partial charge is 0.390 e. The van der Waals surface area contributed by atoms with Crippen LogP contribution in [0.4, 0.5) is 0 Å². The molecule has 0 bridgehead atoms. The van der Waals surface area contributed by atoms with Gasteiger partial charge in [0.25, 0.3) is 0 Å². The lowest BCUT2D eigenvalue weighted by Gasteiger charge is -2.32. The van der Waals surface area contributed by atoms with E-state index in [1.54, 1.807) is 13.0 Å². The molecule has 37 heavy (non-hydrogen) atoms. The highest BCUT2D eigenvalue weighted by atomic mass is 16.3. The Hall–Kier alpha value is -3.62. The maximum atomic E-state index is 11.9. The third kappa shape index (κ3) is 5.12. The Balaban J connectivity index is 1.63. The Kier molecular flexibility index (Phi) is 7.30. The second kappa shape index (κ2) is 10.8. The van der Waals surface area contributed by atoms with Crippen molar-refractivity contribution in [2.24, 2.45) is 5.73 Å². The number of amides is 1. The number of nitrogens with two attached hydrogens (primary N) is 1. The Morgan fingerprint density at radius 1 is 1.14 bits per heavy atom. The quantitative estimate of drug-likeness (QED) is 0.388. The van der Waals surface area contributed by atoms with E-state index in [0.29, 0.717) is 17.4 Å². The molecule has 0 aliphatic carbocycles. The number of likely N-dealkylation sites (tertiary alicyclic amines) is 1. The van der Waals surface area contributed by atoms with Gasteiger partial charge in [0.1, 0.15) is 0 Å². The average molecular weight is 499 g/mol. The number of rotatable bonds is 7. The van der Waals surface area contributed by atoms with E-state index in [1.807, 2.05) is 46.1 Å². The summed E-state index contributed by atoms with van der Waals surface area (Å²) >= 11 is 0. The summed E-state index contributed by atoms with van der Waals surface area (Å²) in [5, 5.41) is 15.4. The molecule has 0 radical (unpaired) electrons. The highest BCUT2D eigenvalue weighted by Crippen LogP contribution is 2.37. The van der Waals surface area contributed by atoms with Crippen LogP contribution in [0.25, 0.3) is 28.0 Å². The number of carbonyl (C=O) groups is 1. The zero-order valence-electron chi connectivity index (χ0n) is 21.5. The molecule has 4 aromatic rings. The first-order chi connectivity index (χ1) is 18.0. The van der Waals surface area contributed by atoms with Crippen LogP contribution in [0.3, 0.4) is 0 Å². The summed E-state index contributed by atoms with van der Waals surface area (Å²) in [7, 11) is 0. The maximum absolute atomic E-state index is 11.9. The Bertz CT molecular complexity index is 1410. The van der Waals surface area contributed by atoms with Gasteiger partial charge in [0.05, 0.1) is 35.4 Å². The van der Waals surface area contributed by atoms with E-state index in [4.69, 9.17) is 15.8 Å². The second-order valence-corrected chi connectivity index (χ2v) is 9.82. The minimum atomic E-state index is -0.132. The molecule has 1 aromatic carbocycles. The van der Waals surface area contributed by atoms with E-state index in [1.165, 1.54) is 5.56 Å². The number of aromatic nitrogens is 4. The molecular formula is C29H34N6O2. The normalized spacial score (nSPS) is 15.3. The Morgan fingerprint density at radius 2 is 1.92 bits per heavy atom. The molecular weight excluding hydrogens is 464 g/mol. The molecule has 1 aliphatic heterocycles. The first-order valence-corrected chi connectivity index (χ1v) is 13.1. The van der Waals surface area contributed by atoms with E-state index in [-0.39, 0.29) is 18.6 Å². The lowest BCUT2D eigenvalue weighted by Crippen LogP contribution is -2.36. The van der Waals surface area contributed by atoms with Crippen LogP contribution in [0.15, 0.2) is 54.7 Å². The van der Waals surface area contributed by atoms with Crippen LogP contribution < -0.4 is 5.73 Å². The van der Waals surface area contributed by atoms with Crippen molar-refractivity contribution >= 4 is 16.8 Å². The smallest absolute Gasteiger partial charge is 0.219 e. The fourth-order valence-corrected chi connectivity index (χ4v) is 5.28. The third-order valence-electron chi connectivity index (χ3n) is 7.32. The highest BCUT2D eigenvalue weighted by Gasteiger charge is 2.25. The number of aliphatic hydroxyl groups excluding tert-OH is 1. The van der Waals surface area contributed by atoms with Crippen molar-refractivity contribution < 1.29 is 9.90 Å². The monoisotopic (exact) mass is 498 g/mol. The van der Waals surface area contributed by atoms with Crippen LogP contribution in [-0.4, -0.2) is 48.8 Å². The van der Waals surface area contributed by atoms with E-state index in [0.717, 1.165) is 66.6 Å². The van der Waals surface area contributed by atoms with Gasteiger partial charge in [0.15, 0.2) is 5.82 Å². The fourth-order valence-electron chi connectivity index (χ4n) is 5.28. The molecule has 1 fully saturated rings. The number of nitrogens with zero attached hydrogens (tertiary/aromatic N) is 5. The predicted octanol–water partition coefficient (Wildman–Crippen LogP) is 4.50. The summed E-state index contributed by atoms with van der Waals surface area (Å²) in [5.74, 6) is 1.09. The molecule has 3 N–H and O–H groups in total. The summed E-state index contributed by atoms with van der Waals surface area (Å²) < 4.78 is 1.83. The predicted molar refractivity (Wildman–Crippen MR) is 144 cm³/mol. The van der Waals surface area contributed by atoms with Crippen molar-refractivity contribution in [1.82, 2.24) is 24.6 Å². The minimum Gasteiger partial charge on any atom is -0.390 e. The molecule has 192 valence electrons. The highest BCUT2D eigenvalue weighted by molar-refractivity contribution is 5.89. The van der Waals surface area contributed by atoms with E-state index in [2.05, 4.69) is 24.0 Å². The number of fused-ring (bicyclic) bond motifs is 1. The van der Waals surface area contributed by atoms with Crippen LogP contribution in [0.1, 0.15) is 68.4 Å². The van der Waals surface area contributed by atoms with Crippen LogP contribution in [-0.2, 0) is 11.4 Å². The number of benzene rings is 1. The molecule has 3 aromatic heterocycles. The average Bonchev–Trinajstić information content (AvgIpc) is 3.37. The Labute approximate surface area is 217 Å². The van der Waals surface area contributed by atoms with E-state index in [9.17, 15) is 9.90 Å². The molecule has 0 saturated carbocycles. The van der Waals surface area contributed by atoms with Crippen molar-refractivity contribution in [1.29, 1.82) is 0 Å². The number of pyridine rings is 2. The van der Waals surface area contributed by atoms with Gasteiger partial charge < -0.3 is 15.7 Å². The van der Waals surface area contributed by atoms with Crippen molar-refractivity contribution in [2.45, 2.75) is 58.1 Å². The molecule has 8 heteroatoms. The first-order valence-electron chi connectivity index (χ1n) is 13.1. The molecule has 8 nitrogen and oxygen atoms in total. The van der Waals surface area contributed by atoms with E-state index < -0.39 is 0 Å². The van der Waals surface area contributed by atoms with Crippen LogP contribution in [0.2, 0.25) is 0 Å². The number of hydrogen-bond acceptors (Lipinski definition) is 6. The van der Waals surface area contributed by atoms with Gasteiger partial charge >= 0.3 is 0 Å². The fraction of sp³-hybridized carbons (Fsp3) is 0.379. The van der Waals surface area contributed by atoms with Gasteiger partial charge in [-0.05, 0) is 67.1 Å². The van der Waals surface area contributed by atoms with Gasteiger partial charge in [-0.3, -0.25) is 9.78 Å². The third-order valence-corrected chi connectivity index (χ3v) is 7.32. The van der Waals surface area contributed by atoms with Crippen LogP contribution in [0.5, 0.6) is 0 Å². The standard InChI is InChI=1S/C29H34N6O2/c1-3-6-25(30)27-9-5-8-26(33-27)21-15-23(20-11-13-34(14-12-20)19(2)37)24-17-31-35(28(24)16-21)29-10-4-7-22(18-36)32-29/h4-5,7-10,15-17,20,25,36H,3,6,11-14,18,30H2,1-2H3/t25-/m0/s1. The molecule has 0 unspecified atom stereocenters. The molecule has 1 amide bonds. The molecule has 1 saturated heterocycles.